The van der Waals surface area contributed by atoms with Crippen LogP contribution in [0.1, 0.15) is 31.9 Å². The lowest BCUT2D eigenvalue weighted by molar-refractivity contribution is 0.131. The lowest BCUT2D eigenvalue weighted by atomic mass is 10.2. The Kier molecular flexibility index (Phi) is 5.83. The minimum Gasteiger partial charge on any atom is -0.364 e. The number of piperazine rings is 1. The third-order valence-corrected chi connectivity index (χ3v) is 5.88. The van der Waals surface area contributed by atoms with E-state index in [0.717, 1.165) is 56.5 Å². The molecule has 1 aliphatic heterocycles. The molecule has 0 spiro atoms. The first-order chi connectivity index (χ1) is 11.2. The Morgan fingerprint density at radius 1 is 1.39 bits per heavy atom. The van der Waals surface area contributed by atoms with Gasteiger partial charge in [-0.05, 0) is 25.0 Å². The van der Waals surface area contributed by atoms with Crippen LogP contribution >= 0.6 is 11.8 Å². The molecule has 23 heavy (non-hydrogen) atoms. The number of urea groups is 1. The Morgan fingerprint density at radius 3 is 2.91 bits per heavy atom. The third kappa shape index (κ3) is 4.64. The van der Waals surface area contributed by atoms with E-state index < -0.39 is 0 Å². The van der Waals surface area contributed by atoms with Crippen molar-refractivity contribution in [2.24, 2.45) is 0 Å². The Balaban J connectivity index is 1.38. The summed E-state index contributed by atoms with van der Waals surface area (Å²) in [5, 5.41) is 7.90. The summed E-state index contributed by atoms with van der Waals surface area (Å²) in [6, 6.07) is 2.36. The van der Waals surface area contributed by atoms with Crippen LogP contribution in [0.15, 0.2) is 16.9 Å². The molecule has 7 heteroatoms. The summed E-state index contributed by atoms with van der Waals surface area (Å²) in [5.41, 5.74) is 0.952. The number of rotatable bonds is 5. The number of aromatic nitrogens is 1. The van der Waals surface area contributed by atoms with Gasteiger partial charge in [-0.25, -0.2) is 4.79 Å². The van der Waals surface area contributed by atoms with Gasteiger partial charge in [-0.1, -0.05) is 12.1 Å². The maximum absolute atomic E-state index is 12.4. The summed E-state index contributed by atoms with van der Waals surface area (Å²) < 4.78 is 4.86. The second-order valence-corrected chi connectivity index (χ2v) is 7.87. The molecule has 1 N–H and O–H groups in total. The molecule has 3 rings (SSSR count). The molecule has 0 bridgehead atoms. The molecule has 0 radical (unpaired) electrons. The third-order valence-electron chi connectivity index (χ3n) is 4.65. The molecule has 6 nitrogen and oxygen atoms in total. The van der Waals surface area contributed by atoms with Crippen molar-refractivity contribution in [2.45, 2.75) is 44.0 Å². The molecule has 1 aromatic heterocycles. The first-order valence-electron chi connectivity index (χ1n) is 8.53. The van der Waals surface area contributed by atoms with Crippen molar-refractivity contribution in [3.05, 3.63) is 18.0 Å². The van der Waals surface area contributed by atoms with Gasteiger partial charge in [-0.2, -0.15) is 11.8 Å². The van der Waals surface area contributed by atoms with Gasteiger partial charge in [0.05, 0.1) is 5.69 Å². The van der Waals surface area contributed by atoms with Gasteiger partial charge in [0.15, 0.2) is 0 Å². The standard InChI is InChI=1S/C16H26N4O2S/c1-2-23-15-4-3-13(11-15)17-16(21)20-8-6-19(7-9-20)12-14-5-10-22-18-14/h5,10,13,15H,2-4,6-9,11-12H2,1H3,(H,17,21)/t13-,15-/m0/s1. The Morgan fingerprint density at radius 2 is 2.22 bits per heavy atom. The predicted octanol–water partition coefficient (Wildman–Crippen LogP) is 2.18. The number of hydrogen-bond acceptors (Lipinski definition) is 5. The van der Waals surface area contributed by atoms with Gasteiger partial charge in [-0.15, -0.1) is 0 Å². The maximum Gasteiger partial charge on any atom is 0.317 e. The zero-order valence-electron chi connectivity index (χ0n) is 13.7. The zero-order valence-corrected chi connectivity index (χ0v) is 14.6. The lowest BCUT2D eigenvalue weighted by Gasteiger charge is -2.34. The minimum atomic E-state index is 0.109. The molecule has 2 heterocycles. The van der Waals surface area contributed by atoms with Crippen molar-refractivity contribution in [1.82, 2.24) is 20.3 Å². The van der Waals surface area contributed by atoms with Crippen LogP contribution in [0, 0.1) is 0 Å². The fourth-order valence-corrected chi connectivity index (χ4v) is 4.52. The largest absolute Gasteiger partial charge is 0.364 e. The molecule has 2 aliphatic rings. The van der Waals surface area contributed by atoms with Gasteiger partial charge < -0.3 is 14.7 Å². The Bertz CT molecular complexity index is 488. The highest BCUT2D eigenvalue weighted by atomic mass is 32.2. The molecule has 1 aromatic rings. The zero-order chi connectivity index (χ0) is 16.1. The smallest absolute Gasteiger partial charge is 0.317 e. The molecule has 1 saturated heterocycles. The number of nitrogens with one attached hydrogen (secondary N) is 1. The van der Waals surface area contributed by atoms with Crippen LogP contribution in [0.3, 0.4) is 0 Å². The summed E-state index contributed by atoms with van der Waals surface area (Å²) >= 11 is 2.02. The summed E-state index contributed by atoms with van der Waals surface area (Å²) in [7, 11) is 0. The Labute approximate surface area is 141 Å². The van der Waals surface area contributed by atoms with Crippen molar-refractivity contribution < 1.29 is 9.32 Å². The van der Waals surface area contributed by atoms with E-state index in [2.05, 4.69) is 22.3 Å². The molecule has 1 saturated carbocycles. The average Bonchev–Trinajstić information content (AvgIpc) is 3.21. The SMILES string of the molecule is CCS[C@H]1CC[C@H](NC(=O)N2CCN(Cc3ccon3)CC2)C1. The highest BCUT2D eigenvalue weighted by Gasteiger charge is 2.28. The van der Waals surface area contributed by atoms with E-state index in [1.165, 1.54) is 12.2 Å². The van der Waals surface area contributed by atoms with Crippen LogP contribution in [0.2, 0.25) is 0 Å². The van der Waals surface area contributed by atoms with Crippen LogP contribution < -0.4 is 5.32 Å². The fourth-order valence-electron chi connectivity index (χ4n) is 3.38. The fraction of sp³-hybridized carbons (Fsp3) is 0.750. The molecule has 0 unspecified atom stereocenters. The summed E-state index contributed by atoms with van der Waals surface area (Å²) in [4.78, 5) is 16.7. The quantitative estimate of drug-likeness (QED) is 0.891. The maximum atomic E-state index is 12.4. The summed E-state index contributed by atoms with van der Waals surface area (Å²) in [6.07, 6.45) is 5.07. The van der Waals surface area contributed by atoms with E-state index in [9.17, 15) is 4.79 Å². The van der Waals surface area contributed by atoms with Crippen LogP contribution in [0.25, 0.3) is 0 Å². The van der Waals surface area contributed by atoms with E-state index >= 15 is 0 Å². The van der Waals surface area contributed by atoms with Gasteiger partial charge >= 0.3 is 6.03 Å². The minimum absolute atomic E-state index is 0.109. The highest BCUT2D eigenvalue weighted by molar-refractivity contribution is 7.99. The van der Waals surface area contributed by atoms with Crippen LogP contribution in [-0.4, -0.2) is 64.2 Å². The highest BCUT2D eigenvalue weighted by Crippen LogP contribution is 2.29. The molecule has 2 atom stereocenters. The normalized spacial score (nSPS) is 25.7. The van der Waals surface area contributed by atoms with Crippen LogP contribution in [-0.2, 0) is 6.54 Å². The summed E-state index contributed by atoms with van der Waals surface area (Å²) in [6.45, 7) is 6.34. The predicted molar refractivity (Wildman–Crippen MR) is 91.4 cm³/mol. The molecule has 128 valence electrons. The Hall–Kier alpha value is -1.21. The number of thioether (sulfide) groups is 1. The first-order valence-corrected chi connectivity index (χ1v) is 9.58. The number of hydrogen-bond donors (Lipinski definition) is 1. The van der Waals surface area contributed by atoms with Crippen LogP contribution in [0.4, 0.5) is 4.79 Å². The molecule has 2 amide bonds. The molecular formula is C16H26N4O2S. The van der Waals surface area contributed by atoms with Gasteiger partial charge in [-0.3, -0.25) is 4.90 Å². The van der Waals surface area contributed by atoms with Crippen molar-refractivity contribution in [3.63, 3.8) is 0 Å². The number of carbonyl (C=O) groups excluding carboxylic acids is 1. The van der Waals surface area contributed by atoms with E-state index in [4.69, 9.17) is 4.52 Å². The number of nitrogens with zero attached hydrogens (tertiary/aromatic N) is 3. The van der Waals surface area contributed by atoms with Gasteiger partial charge in [0.25, 0.3) is 0 Å². The monoisotopic (exact) mass is 338 g/mol. The van der Waals surface area contributed by atoms with Crippen molar-refractivity contribution in [3.8, 4) is 0 Å². The van der Waals surface area contributed by atoms with E-state index in [0.29, 0.717) is 6.04 Å². The van der Waals surface area contributed by atoms with E-state index in [1.807, 2.05) is 22.7 Å². The van der Waals surface area contributed by atoms with Crippen molar-refractivity contribution in [2.75, 3.05) is 31.9 Å². The van der Waals surface area contributed by atoms with Gasteiger partial charge in [0, 0.05) is 50.1 Å². The second-order valence-electron chi connectivity index (χ2n) is 6.29. The topological polar surface area (TPSA) is 61.6 Å². The van der Waals surface area contributed by atoms with Crippen molar-refractivity contribution in [1.29, 1.82) is 0 Å². The van der Waals surface area contributed by atoms with Gasteiger partial charge in [0.2, 0.25) is 0 Å². The molecular weight excluding hydrogens is 312 g/mol. The molecule has 2 fully saturated rings. The van der Waals surface area contributed by atoms with Crippen molar-refractivity contribution >= 4 is 17.8 Å². The molecule has 1 aliphatic carbocycles. The van der Waals surface area contributed by atoms with Crippen LogP contribution in [0.5, 0.6) is 0 Å². The van der Waals surface area contributed by atoms with Gasteiger partial charge in [0.1, 0.15) is 6.26 Å². The number of amides is 2. The van der Waals surface area contributed by atoms with E-state index in [1.54, 1.807) is 6.26 Å². The lowest BCUT2D eigenvalue weighted by Crippen LogP contribution is -2.53. The second kappa shape index (κ2) is 8.06. The van der Waals surface area contributed by atoms with E-state index in [-0.39, 0.29) is 6.03 Å². The average molecular weight is 338 g/mol. The molecule has 0 aromatic carbocycles. The summed E-state index contributed by atoms with van der Waals surface area (Å²) in [5.74, 6) is 1.17. The first kappa shape index (κ1) is 16.6. The number of carbonyl (C=O) groups is 1.